The van der Waals surface area contributed by atoms with Crippen LogP contribution in [0.25, 0.3) is 0 Å². The van der Waals surface area contributed by atoms with Gasteiger partial charge < -0.3 is 15.4 Å². The lowest BCUT2D eigenvalue weighted by molar-refractivity contribution is -0.384. The molecule has 1 aliphatic heterocycles. The Morgan fingerprint density at radius 1 is 1.46 bits per heavy atom. The number of ether oxygens (including phenoxy) is 1. The van der Waals surface area contributed by atoms with Crippen LogP contribution in [0.4, 0.5) is 5.69 Å². The van der Waals surface area contributed by atoms with Gasteiger partial charge in [-0.25, -0.2) is 0 Å². The summed E-state index contributed by atoms with van der Waals surface area (Å²) in [7, 11) is 1.66. The monoisotopic (exact) mass is 377 g/mol. The molecule has 0 spiro atoms. The van der Waals surface area contributed by atoms with Crippen LogP contribution < -0.4 is 5.73 Å². The fourth-order valence-corrected chi connectivity index (χ4v) is 2.97. The molecule has 9 heteroatoms. The Balaban J connectivity index is 0.00000288. The lowest BCUT2D eigenvalue weighted by Crippen LogP contribution is -2.49. The van der Waals surface area contributed by atoms with E-state index in [1.807, 2.05) is 0 Å². The maximum absolute atomic E-state index is 12.8. The van der Waals surface area contributed by atoms with Gasteiger partial charge in [-0.05, 0) is 24.5 Å². The summed E-state index contributed by atoms with van der Waals surface area (Å²) in [6.45, 7) is 1.47. The largest absolute Gasteiger partial charge is 0.381 e. The Kier molecular flexibility index (Phi) is 7.41. The van der Waals surface area contributed by atoms with E-state index in [1.54, 1.807) is 7.05 Å². The summed E-state index contributed by atoms with van der Waals surface area (Å²) in [6.07, 6.45) is 1.16. The van der Waals surface area contributed by atoms with Crippen LogP contribution in [0.3, 0.4) is 0 Å². The smallest absolute Gasteiger partial charge is 0.269 e. The molecule has 1 amide bonds. The first-order valence-corrected chi connectivity index (χ1v) is 7.73. The summed E-state index contributed by atoms with van der Waals surface area (Å²) in [5.41, 5.74) is 5.71. The summed E-state index contributed by atoms with van der Waals surface area (Å²) < 4.78 is 5.31. The van der Waals surface area contributed by atoms with E-state index >= 15 is 0 Å². The number of amides is 1. The third-order valence-corrected chi connectivity index (χ3v) is 4.66. The molecule has 0 aromatic heterocycles. The topological polar surface area (TPSA) is 98.7 Å². The standard InChI is InChI=1S/C15H20ClN3O4.ClH/c1-18(14(20)15(10-17)4-6-23-7-5-15)9-11-8-12(19(21)22)2-3-13(11)16;/h2-3,8H,4-7,9-10,17H2,1H3;1H. The van der Waals surface area contributed by atoms with Crippen molar-refractivity contribution in [2.45, 2.75) is 19.4 Å². The number of hydrogen-bond donors (Lipinski definition) is 1. The van der Waals surface area contributed by atoms with Crippen LogP contribution in [0.5, 0.6) is 0 Å². The van der Waals surface area contributed by atoms with Gasteiger partial charge >= 0.3 is 0 Å². The average Bonchev–Trinajstić information content (AvgIpc) is 2.56. The molecule has 0 aliphatic carbocycles. The van der Waals surface area contributed by atoms with Gasteiger partial charge in [-0.3, -0.25) is 14.9 Å². The number of nitro benzene ring substituents is 1. The summed E-state index contributed by atoms with van der Waals surface area (Å²) in [6, 6.07) is 4.21. The molecular formula is C15H21Cl2N3O4. The second kappa shape index (κ2) is 8.62. The van der Waals surface area contributed by atoms with Gasteiger partial charge in [-0.1, -0.05) is 11.6 Å². The van der Waals surface area contributed by atoms with Crippen LogP contribution in [-0.2, 0) is 16.1 Å². The number of benzene rings is 1. The van der Waals surface area contributed by atoms with Gasteiger partial charge in [0.2, 0.25) is 5.91 Å². The van der Waals surface area contributed by atoms with Crippen molar-refractivity contribution in [3.05, 3.63) is 38.9 Å². The molecule has 1 heterocycles. The summed E-state index contributed by atoms with van der Waals surface area (Å²) in [5, 5.41) is 11.3. The van der Waals surface area contributed by atoms with Gasteiger partial charge in [0, 0.05) is 50.5 Å². The lowest BCUT2D eigenvalue weighted by Gasteiger charge is -2.37. The molecule has 134 valence electrons. The minimum absolute atomic E-state index is 0. The Hall–Kier alpha value is -1.41. The zero-order valence-electron chi connectivity index (χ0n) is 13.4. The maximum Gasteiger partial charge on any atom is 0.269 e. The number of nitrogens with two attached hydrogens (primary N) is 1. The highest BCUT2D eigenvalue weighted by Crippen LogP contribution is 2.32. The third kappa shape index (κ3) is 4.36. The molecule has 2 N–H and O–H groups in total. The lowest BCUT2D eigenvalue weighted by atomic mass is 9.79. The number of nitrogens with zero attached hydrogens (tertiary/aromatic N) is 2. The van der Waals surface area contributed by atoms with E-state index in [1.165, 1.54) is 23.1 Å². The molecular weight excluding hydrogens is 357 g/mol. The van der Waals surface area contributed by atoms with Crippen LogP contribution in [-0.4, -0.2) is 42.5 Å². The molecule has 0 bridgehead atoms. The van der Waals surface area contributed by atoms with Gasteiger partial charge in [-0.2, -0.15) is 0 Å². The van der Waals surface area contributed by atoms with Crippen molar-refractivity contribution in [1.29, 1.82) is 0 Å². The molecule has 1 fully saturated rings. The molecule has 0 radical (unpaired) electrons. The Bertz CT molecular complexity index is 606. The highest BCUT2D eigenvalue weighted by Gasteiger charge is 2.40. The van der Waals surface area contributed by atoms with Gasteiger partial charge in [0.25, 0.3) is 5.69 Å². The van der Waals surface area contributed by atoms with E-state index in [4.69, 9.17) is 22.1 Å². The maximum atomic E-state index is 12.8. The van der Waals surface area contributed by atoms with Crippen LogP contribution in [0.15, 0.2) is 18.2 Å². The molecule has 1 aromatic carbocycles. The van der Waals surface area contributed by atoms with Crippen molar-refractivity contribution >= 4 is 35.6 Å². The number of halogens is 2. The van der Waals surface area contributed by atoms with E-state index in [2.05, 4.69) is 0 Å². The summed E-state index contributed by atoms with van der Waals surface area (Å²) >= 11 is 6.10. The predicted molar refractivity (Wildman–Crippen MR) is 93.4 cm³/mol. The highest BCUT2D eigenvalue weighted by atomic mass is 35.5. The SMILES string of the molecule is CN(Cc1cc([N+](=O)[O-])ccc1Cl)C(=O)C1(CN)CCOCC1.Cl. The molecule has 1 saturated heterocycles. The van der Waals surface area contributed by atoms with Crippen LogP contribution in [0.1, 0.15) is 18.4 Å². The van der Waals surface area contributed by atoms with E-state index in [9.17, 15) is 14.9 Å². The van der Waals surface area contributed by atoms with Gasteiger partial charge in [0.1, 0.15) is 0 Å². The van der Waals surface area contributed by atoms with Crippen LogP contribution >= 0.6 is 24.0 Å². The zero-order valence-corrected chi connectivity index (χ0v) is 14.9. The highest BCUT2D eigenvalue weighted by molar-refractivity contribution is 6.31. The van der Waals surface area contributed by atoms with Crippen molar-refractivity contribution in [3.63, 3.8) is 0 Å². The molecule has 24 heavy (non-hydrogen) atoms. The average molecular weight is 378 g/mol. The fraction of sp³-hybridized carbons (Fsp3) is 0.533. The summed E-state index contributed by atoms with van der Waals surface area (Å²) in [4.78, 5) is 24.7. The Labute approximate surface area is 151 Å². The van der Waals surface area contributed by atoms with Gasteiger partial charge in [-0.15, -0.1) is 12.4 Å². The number of rotatable bonds is 5. The minimum Gasteiger partial charge on any atom is -0.381 e. The minimum atomic E-state index is -0.625. The van der Waals surface area contributed by atoms with Crippen molar-refractivity contribution in [2.24, 2.45) is 11.1 Å². The van der Waals surface area contributed by atoms with Gasteiger partial charge in [0.15, 0.2) is 0 Å². The molecule has 0 unspecified atom stereocenters. The first kappa shape index (κ1) is 20.6. The number of carbonyl (C=O) groups is 1. The molecule has 0 saturated carbocycles. The number of non-ortho nitro benzene ring substituents is 1. The van der Waals surface area contributed by atoms with Crippen LogP contribution in [0.2, 0.25) is 5.02 Å². The van der Waals surface area contributed by atoms with Gasteiger partial charge in [0.05, 0.1) is 10.3 Å². The van der Waals surface area contributed by atoms with E-state index in [-0.39, 0.29) is 37.1 Å². The normalized spacial score (nSPS) is 16.1. The number of carbonyl (C=O) groups excluding carboxylic acids is 1. The first-order valence-electron chi connectivity index (χ1n) is 7.36. The summed E-state index contributed by atoms with van der Waals surface area (Å²) in [5.74, 6) is -0.0779. The number of nitro groups is 1. The quantitative estimate of drug-likeness (QED) is 0.627. The Morgan fingerprint density at radius 3 is 2.62 bits per heavy atom. The van der Waals surface area contributed by atoms with Crippen molar-refractivity contribution in [2.75, 3.05) is 26.8 Å². The Morgan fingerprint density at radius 2 is 2.08 bits per heavy atom. The predicted octanol–water partition coefficient (Wildman–Crippen LogP) is 2.38. The number of hydrogen-bond acceptors (Lipinski definition) is 5. The molecule has 7 nitrogen and oxygen atoms in total. The molecule has 1 aromatic rings. The zero-order chi connectivity index (χ0) is 17.0. The second-order valence-electron chi connectivity index (χ2n) is 5.79. The van der Waals surface area contributed by atoms with Crippen molar-refractivity contribution in [3.8, 4) is 0 Å². The third-order valence-electron chi connectivity index (χ3n) is 4.29. The van der Waals surface area contributed by atoms with Crippen LogP contribution in [0, 0.1) is 15.5 Å². The van der Waals surface area contributed by atoms with E-state index in [0.717, 1.165) is 0 Å². The second-order valence-corrected chi connectivity index (χ2v) is 6.20. The van der Waals surface area contributed by atoms with E-state index < -0.39 is 10.3 Å². The molecule has 1 aliphatic rings. The van der Waals surface area contributed by atoms with Crippen molar-refractivity contribution in [1.82, 2.24) is 4.90 Å². The van der Waals surface area contributed by atoms with E-state index in [0.29, 0.717) is 36.6 Å². The fourth-order valence-electron chi connectivity index (χ4n) is 2.80. The van der Waals surface area contributed by atoms with Crippen molar-refractivity contribution < 1.29 is 14.5 Å². The molecule has 2 rings (SSSR count). The molecule has 0 atom stereocenters. The first-order chi connectivity index (χ1) is 10.9.